The predicted molar refractivity (Wildman–Crippen MR) is 151 cm³/mol. The van der Waals surface area contributed by atoms with Crippen molar-refractivity contribution in [3.63, 3.8) is 0 Å². The number of thioether (sulfide) groups is 1. The summed E-state index contributed by atoms with van der Waals surface area (Å²) in [5.74, 6) is -0.0381. The van der Waals surface area contributed by atoms with Gasteiger partial charge in [0.25, 0.3) is 0 Å². The van der Waals surface area contributed by atoms with E-state index >= 15 is 0 Å². The molecule has 1 N–H and O–H groups in total. The van der Waals surface area contributed by atoms with E-state index < -0.39 is 11.7 Å². The molecule has 9 heteroatoms. The Morgan fingerprint density at radius 3 is 2.38 bits per heavy atom. The zero-order valence-electron chi connectivity index (χ0n) is 23.5. The smallest absolute Gasteiger partial charge is 0.381 e. The number of alkyl halides is 3. The Labute approximate surface area is 234 Å². The summed E-state index contributed by atoms with van der Waals surface area (Å²) in [4.78, 5) is 12.3. The molecule has 3 aliphatic rings. The Kier molecular flexibility index (Phi) is 8.51. The topological polar surface area (TPSA) is 50.3 Å². The lowest BCUT2D eigenvalue weighted by atomic mass is 9.63. The van der Waals surface area contributed by atoms with Crippen LogP contribution in [0.15, 0.2) is 29.3 Å². The lowest BCUT2D eigenvalue weighted by molar-refractivity contribution is -0.139. The van der Waals surface area contributed by atoms with Gasteiger partial charge in [-0.1, -0.05) is 0 Å². The van der Waals surface area contributed by atoms with Gasteiger partial charge in [-0.15, -0.1) is 11.8 Å². The number of benzene rings is 1. The first kappa shape index (κ1) is 28.7. The van der Waals surface area contributed by atoms with E-state index in [0.717, 1.165) is 30.3 Å². The standard InChI is InChI=1S/C30H41F3N4OS/c1-19(2)37-13-11-29(12-14-37)16-24(17-29)39-23-9-10-26(20(3)15-23)35-28-34-18-25(30(31,32)33)27(36-28)21-5-7-22(38-4)8-6-21/h9-10,15,18-19,21-22,24H,5-8,11-14,16-17H2,1-4H3,(H,34,35,36). The summed E-state index contributed by atoms with van der Waals surface area (Å²) in [5.41, 5.74) is 1.76. The summed E-state index contributed by atoms with van der Waals surface area (Å²) in [5, 5.41) is 3.85. The van der Waals surface area contributed by atoms with Crippen LogP contribution in [0.4, 0.5) is 24.8 Å². The summed E-state index contributed by atoms with van der Waals surface area (Å²) in [6.07, 6.45) is 4.50. The fraction of sp³-hybridized carbons (Fsp3) is 0.667. The number of hydrogen-bond donors (Lipinski definition) is 1. The second-order valence-corrected chi connectivity index (χ2v) is 13.5. The minimum absolute atomic E-state index is 0.0949. The lowest BCUT2D eigenvalue weighted by Gasteiger charge is -2.52. The van der Waals surface area contributed by atoms with E-state index in [1.54, 1.807) is 7.11 Å². The highest BCUT2D eigenvalue weighted by molar-refractivity contribution is 8.00. The van der Waals surface area contributed by atoms with Gasteiger partial charge >= 0.3 is 6.18 Å². The third kappa shape index (κ3) is 6.57. The van der Waals surface area contributed by atoms with E-state index in [9.17, 15) is 13.2 Å². The summed E-state index contributed by atoms with van der Waals surface area (Å²) >= 11 is 1.95. The number of nitrogens with zero attached hydrogens (tertiary/aromatic N) is 3. The molecule has 0 radical (unpaired) electrons. The molecule has 1 aromatic carbocycles. The number of likely N-dealkylation sites (tertiary alicyclic amines) is 1. The molecule has 3 fully saturated rings. The first-order valence-corrected chi connectivity index (χ1v) is 15.2. The van der Waals surface area contributed by atoms with Crippen LogP contribution in [-0.4, -0.2) is 52.5 Å². The van der Waals surface area contributed by atoms with E-state index in [4.69, 9.17) is 4.74 Å². The number of hydrogen-bond acceptors (Lipinski definition) is 6. The first-order chi connectivity index (χ1) is 18.5. The van der Waals surface area contributed by atoms with E-state index in [1.165, 1.54) is 43.7 Å². The second-order valence-electron chi connectivity index (χ2n) is 12.1. The van der Waals surface area contributed by atoms with Crippen LogP contribution < -0.4 is 5.32 Å². The number of ether oxygens (including phenoxy) is 1. The van der Waals surface area contributed by atoms with Crippen LogP contribution >= 0.6 is 11.8 Å². The number of methoxy groups -OCH3 is 1. The zero-order valence-corrected chi connectivity index (χ0v) is 24.3. The molecule has 5 nitrogen and oxygen atoms in total. The van der Waals surface area contributed by atoms with Crippen LogP contribution in [0.2, 0.25) is 0 Å². The van der Waals surface area contributed by atoms with Crippen molar-refractivity contribution < 1.29 is 17.9 Å². The average Bonchev–Trinajstić information content (AvgIpc) is 2.89. The molecule has 2 aromatic rings. The van der Waals surface area contributed by atoms with E-state index in [2.05, 4.69) is 46.2 Å². The Hall–Kier alpha value is -1.84. The van der Waals surface area contributed by atoms with Gasteiger partial charge in [-0.3, -0.25) is 0 Å². The van der Waals surface area contributed by atoms with Crippen molar-refractivity contribution in [2.75, 3.05) is 25.5 Å². The lowest BCUT2D eigenvalue weighted by Crippen LogP contribution is -2.49. The number of aryl methyl sites for hydroxylation is 1. The molecule has 2 saturated carbocycles. The van der Waals surface area contributed by atoms with Crippen molar-refractivity contribution in [1.82, 2.24) is 14.9 Å². The SMILES string of the molecule is COC1CCC(c2nc(Nc3ccc(SC4CC5(CCN(C(C)C)CC5)C4)cc3C)ncc2C(F)(F)F)CC1. The van der Waals surface area contributed by atoms with Gasteiger partial charge in [-0.25, -0.2) is 9.97 Å². The summed E-state index contributed by atoms with van der Waals surface area (Å²) < 4.78 is 46.8. The summed E-state index contributed by atoms with van der Waals surface area (Å²) in [6.45, 7) is 9.03. The number of rotatable bonds is 7. The van der Waals surface area contributed by atoms with Gasteiger partial charge in [0.15, 0.2) is 0 Å². The summed E-state index contributed by atoms with van der Waals surface area (Å²) in [6, 6.07) is 6.90. The van der Waals surface area contributed by atoms with Gasteiger partial charge in [0.1, 0.15) is 0 Å². The van der Waals surface area contributed by atoms with Crippen LogP contribution in [0.3, 0.4) is 0 Å². The molecule has 0 atom stereocenters. The fourth-order valence-corrected chi connectivity index (χ4v) is 8.28. The molecule has 1 aliphatic heterocycles. The van der Waals surface area contributed by atoms with Crippen LogP contribution in [0, 0.1) is 12.3 Å². The van der Waals surface area contributed by atoms with Gasteiger partial charge in [0.05, 0.1) is 17.4 Å². The second kappa shape index (κ2) is 11.6. The largest absolute Gasteiger partial charge is 0.419 e. The Morgan fingerprint density at radius 2 is 1.79 bits per heavy atom. The van der Waals surface area contributed by atoms with Crippen molar-refractivity contribution in [2.45, 2.75) is 107 Å². The fourth-order valence-electron chi connectivity index (χ4n) is 6.63. The number of aromatic nitrogens is 2. The van der Waals surface area contributed by atoms with Crippen molar-refractivity contribution in [1.29, 1.82) is 0 Å². The van der Waals surface area contributed by atoms with E-state index in [0.29, 0.717) is 29.5 Å². The number of piperidine rings is 1. The molecular formula is C30H41F3N4OS. The third-order valence-electron chi connectivity index (χ3n) is 9.18. The van der Waals surface area contributed by atoms with Gasteiger partial charge in [0.2, 0.25) is 5.95 Å². The molecule has 0 bridgehead atoms. The van der Waals surface area contributed by atoms with Crippen LogP contribution in [0.5, 0.6) is 0 Å². The molecule has 1 aromatic heterocycles. The third-order valence-corrected chi connectivity index (χ3v) is 10.4. The highest BCUT2D eigenvalue weighted by Gasteiger charge is 2.46. The highest BCUT2D eigenvalue weighted by atomic mass is 32.2. The molecule has 1 saturated heterocycles. The maximum atomic E-state index is 13.8. The molecule has 39 heavy (non-hydrogen) atoms. The van der Waals surface area contributed by atoms with Crippen molar-refractivity contribution in [3.05, 3.63) is 41.2 Å². The maximum absolute atomic E-state index is 13.8. The minimum Gasteiger partial charge on any atom is -0.381 e. The molecule has 2 heterocycles. The Bertz CT molecular complexity index is 1130. The van der Waals surface area contributed by atoms with E-state index in [-0.39, 0.29) is 23.7 Å². The molecule has 1 spiro atoms. The molecule has 2 aliphatic carbocycles. The van der Waals surface area contributed by atoms with Gasteiger partial charge in [0, 0.05) is 41.1 Å². The monoisotopic (exact) mass is 562 g/mol. The van der Waals surface area contributed by atoms with Gasteiger partial charge in [-0.05, 0) is 114 Å². The van der Waals surface area contributed by atoms with E-state index in [1.807, 2.05) is 24.8 Å². The molecule has 0 unspecified atom stereocenters. The highest BCUT2D eigenvalue weighted by Crippen LogP contribution is 2.55. The van der Waals surface area contributed by atoms with Crippen molar-refractivity contribution >= 4 is 23.4 Å². The van der Waals surface area contributed by atoms with Gasteiger partial charge < -0.3 is 15.0 Å². The maximum Gasteiger partial charge on any atom is 0.419 e. The Morgan fingerprint density at radius 1 is 1.10 bits per heavy atom. The van der Waals surface area contributed by atoms with Crippen molar-refractivity contribution in [3.8, 4) is 0 Å². The Balaban J connectivity index is 1.22. The molecular weight excluding hydrogens is 521 g/mol. The number of anilines is 2. The minimum atomic E-state index is -4.48. The van der Waals surface area contributed by atoms with Crippen LogP contribution in [-0.2, 0) is 10.9 Å². The number of nitrogens with one attached hydrogen (secondary N) is 1. The quantitative estimate of drug-likeness (QED) is 0.369. The number of halogens is 3. The van der Waals surface area contributed by atoms with Crippen LogP contribution in [0.1, 0.15) is 88.0 Å². The molecule has 5 rings (SSSR count). The average molecular weight is 563 g/mol. The van der Waals surface area contributed by atoms with Crippen LogP contribution in [0.25, 0.3) is 0 Å². The predicted octanol–water partition coefficient (Wildman–Crippen LogP) is 7.97. The summed E-state index contributed by atoms with van der Waals surface area (Å²) in [7, 11) is 1.66. The van der Waals surface area contributed by atoms with Crippen molar-refractivity contribution in [2.24, 2.45) is 5.41 Å². The first-order valence-electron chi connectivity index (χ1n) is 14.3. The van der Waals surface area contributed by atoms with Gasteiger partial charge in [-0.2, -0.15) is 13.2 Å². The zero-order chi connectivity index (χ0) is 27.8. The normalized spacial score (nSPS) is 24.2. The molecule has 214 valence electrons. The molecule has 0 amide bonds.